The van der Waals surface area contributed by atoms with Gasteiger partial charge in [0.2, 0.25) is 0 Å². The highest BCUT2D eigenvalue weighted by Crippen LogP contribution is 2.35. The number of benzene rings is 3. The molecule has 166 valence electrons. The second-order valence-electron chi connectivity index (χ2n) is 7.13. The summed E-state index contributed by atoms with van der Waals surface area (Å²) in [6, 6.07) is 20.2. The third kappa shape index (κ3) is 4.46. The normalized spacial score (nSPS) is 13.5. The van der Waals surface area contributed by atoms with Crippen LogP contribution < -0.4 is 15.1 Å². The van der Waals surface area contributed by atoms with E-state index in [2.05, 4.69) is 5.32 Å². The van der Waals surface area contributed by atoms with Crippen LogP contribution in [0.4, 0.5) is 17.1 Å². The number of rotatable bonds is 5. The predicted molar refractivity (Wildman–Crippen MR) is 131 cm³/mol. The van der Waals surface area contributed by atoms with Crippen molar-refractivity contribution in [2.24, 2.45) is 0 Å². The summed E-state index contributed by atoms with van der Waals surface area (Å²) in [6.45, 7) is 0. The highest BCUT2D eigenvalue weighted by Gasteiger charge is 2.40. The van der Waals surface area contributed by atoms with Crippen LogP contribution in [0.3, 0.4) is 0 Å². The molecule has 0 aliphatic carbocycles. The van der Waals surface area contributed by atoms with E-state index in [9.17, 15) is 14.4 Å². The summed E-state index contributed by atoms with van der Waals surface area (Å²) in [5.41, 5.74) is 1.73. The van der Waals surface area contributed by atoms with Gasteiger partial charge in [-0.2, -0.15) is 0 Å². The highest BCUT2D eigenvalue weighted by atomic mass is 35.5. The Hall–Kier alpha value is -3.32. The summed E-state index contributed by atoms with van der Waals surface area (Å²) in [7, 11) is 1.69. The number of imide groups is 1. The van der Waals surface area contributed by atoms with Gasteiger partial charge in [-0.05, 0) is 54.6 Å². The van der Waals surface area contributed by atoms with Crippen LogP contribution in [-0.4, -0.2) is 24.8 Å². The Labute approximate surface area is 205 Å². The Bertz CT molecular complexity index is 1290. The van der Waals surface area contributed by atoms with Crippen molar-refractivity contribution in [2.45, 2.75) is 0 Å². The molecule has 0 radical (unpaired) electrons. The molecule has 0 spiro atoms. The summed E-state index contributed by atoms with van der Waals surface area (Å²) < 4.78 is 0. The van der Waals surface area contributed by atoms with Gasteiger partial charge in [0, 0.05) is 29.0 Å². The van der Waals surface area contributed by atoms with Gasteiger partial charge in [0.05, 0.1) is 10.7 Å². The third-order valence-electron chi connectivity index (χ3n) is 5.03. The molecule has 0 saturated heterocycles. The number of amides is 3. The first-order chi connectivity index (χ1) is 15.8. The van der Waals surface area contributed by atoms with Gasteiger partial charge in [-0.3, -0.25) is 14.4 Å². The number of anilines is 3. The lowest BCUT2D eigenvalue weighted by molar-refractivity contribution is -0.120. The molecule has 1 heterocycles. The van der Waals surface area contributed by atoms with Crippen LogP contribution in [0, 0.1) is 0 Å². The molecule has 0 fully saturated rings. The van der Waals surface area contributed by atoms with Crippen LogP contribution in [0.2, 0.25) is 10.0 Å². The molecule has 0 aromatic heterocycles. The van der Waals surface area contributed by atoms with Gasteiger partial charge in [-0.15, -0.1) is 0 Å². The largest absolute Gasteiger partial charge is 0.350 e. The number of carbonyl (C=O) groups excluding carboxylic acids is 3. The fourth-order valence-electron chi connectivity index (χ4n) is 3.29. The van der Waals surface area contributed by atoms with E-state index in [0.29, 0.717) is 16.3 Å². The Morgan fingerprint density at radius 3 is 2.21 bits per heavy atom. The molecule has 0 atom stereocenters. The molecule has 1 aliphatic heterocycles. The Morgan fingerprint density at radius 1 is 0.879 bits per heavy atom. The first-order valence-electron chi connectivity index (χ1n) is 9.71. The van der Waals surface area contributed by atoms with Gasteiger partial charge in [0.25, 0.3) is 17.7 Å². The monoisotopic (exact) mass is 499 g/mol. The maximum absolute atomic E-state index is 13.0. The standard InChI is InChI=1S/C24H16Cl3N3O3/c1-29(17-5-3-2-4-6-17)22(31)14-7-10-16(11-8-14)28-21-20(27)23(32)30(24(21)33)19-13-15(25)9-12-18(19)26/h2-13,28H,1H3. The molecule has 6 nitrogen and oxygen atoms in total. The number of hydrogen-bond acceptors (Lipinski definition) is 4. The topological polar surface area (TPSA) is 69.7 Å². The first-order valence-corrected chi connectivity index (χ1v) is 10.8. The van der Waals surface area contributed by atoms with Crippen LogP contribution in [0.1, 0.15) is 10.4 Å². The highest BCUT2D eigenvalue weighted by molar-refractivity contribution is 6.54. The molecule has 3 aromatic rings. The van der Waals surface area contributed by atoms with E-state index in [1.807, 2.05) is 30.3 Å². The molecule has 3 aromatic carbocycles. The SMILES string of the molecule is CN(C(=O)c1ccc(NC2=C(Cl)C(=O)N(c3cc(Cl)ccc3Cl)C2=O)cc1)c1ccccc1. The number of carbonyl (C=O) groups is 3. The van der Waals surface area contributed by atoms with Crippen LogP contribution in [-0.2, 0) is 9.59 Å². The minimum absolute atomic E-state index is 0.0989. The molecule has 0 unspecified atom stereocenters. The lowest BCUT2D eigenvalue weighted by Crippen LogP contribution is -2.32. The van der Waals surface area contributed by atoms with Crippen molar-refractivity contribution >= 4 is 69.6 Å². The molecule has 0 saturated carbocycles. The van der Waals surface area contributed by atoms with Gasteiger partial charge in [0.1, 0.15) is 10.7 Å². The van der Waals surface area contributed by atoms with E-state index >= 15 is 0 Å². The summed E-state index contributed by atoms with van der Waals surface area (Å²) >= 11 is 18.3. The van der Waals surface area contributed by atoms with Crippen LogP contribution >= 0.6 is 34.8 Å². The van der Waals surface area contributed by atoms with E-state index in [1.165, 1.54) is 17.0 Å². The van der Waals surface area contributed by atoms with Gasteiger partial charge in [-0.1, -0.05) is 53.0 Å². The molecule has 1 N–H and O–H groups in total. The second-order valence-corrected chi connectivity index (χ2v) is 8.35. The van der Waals surface area contributed by atoms with E-state index in [1.54, 1.807) is 37.4 Å². The van der Waals surface area contributed by atoms with Gasteiger partial charge in [-0.25, -0.2) is 4.90 Å². The van der Waals surface area contributed by atoms with Crippen molar-refractivity contribution in [1.82, 2.24) is 0 Å². The molecule has 3 amide bonds. The Kier molecular flexibility index (Phi) is 6.42. The van der Waals surface area contributed by atoms with Crippen LogP contribution in [0.15, 0.2) is 83.5 Å². The van der Waals surface area contributed by atoms with Crippen molar-refractivity contribution < 1.29 is 14.4 Å². The fraction of sp³-hybridized carbons (Fsp3) is 0.0417. The minimum atomic E-state index is -0.718. The molecule has 0 bridgehead atoms. The van der Waals surface area contributed by atoms with Crippen LogP contribution in [0.25, 0.3) is 0 Å². The quantitative estimate of drug-likeness (QED) is 0.456. The number of para-hydroxylation sites is 1. The Morgan fingerprint density at radius 2 is 1.55 bits per heavy atom. The smallest absolute Gasteiger partial charge is 0.283 e. The van der Waals surface area contributed by atoms with E-state index in [-0.39, 0.29) is 27.3 Å². The van der Waals surface area contributed by atoms with Crippen molar-refractivity contribution in [1.29, 1.82) is 0 Å². The number of halogens is 3. The second kappa shape index (κ2) is 9.27. The molecule has 4 rings (SSSR count). The van der Waals surface area contributed by atoms with Crippen molar-refractivity contribution in [2.75, 3.05) is 22.2 Å². The average Bonchev–Trinajstić information content (AvgIpc) is 3.03. The van der Waals surface area contributed by atoms with E-state index in [0.717, 1.165) is 10.6 Å². The number of hydrogen-bond donors (Lipinski definition) is 1. The molecular formula is C24H16Cl3N3O3. The zero-order valence-corrected chi connectivity index (χ0v) is 19.4. The Balaban J connectivity index is 1.53. The summed E-state index contributed by atoms with van der Waals surface area (Å²) in [5.74, 6) is -1.58. The predicted octanol–water partition coefficient (Wildman–Crippen LogP) is 5.71. The maximum Gasteiger partial charge on any atom is 0.283 e. The maximum atomic E-state index is 13.0. The van der Waals surface area contributed by atoms with Gasteiger partial charge in [0.15, 0.2) is 0 Å². The fourth-order valence-corrected chi connectivity index (χ4v) is 3.87. The third-order valence-corrected chi connectivity index (χ3v) is 5.93. The summed E-state index contributed by atoms with van der Waals surface area (Å²) in [5, 5.41) is 3.08. The van der Waals surface area contributed by atoms with Crippen LogP contribution in [0.5, 0.6) is 0 Å². The van der Waals surface area contributed by atoms with Crippen molar-refractivity contribution in [3.8, 4) is 0 Å². The molecule has 9 heteroatoms. The molecule has 33 heavy (non-hydrogen) atoms. The number of nitrogens with one attached hydrogen (secondary N) is 1. The zero-order valence-electron chi connectivity index (χ0n) is 17.2. The van der Waals surface area contributed by atoms with E-state index < -0.39 is 11.8 Å². The van der Waals surface area contributed by atoms with Gasteiger partial charge < -0.3 is 10.2 Å². The lowest BCUT2D eigenvalue weighted by atomic mass is 10.1. The minimum Gasteiger partial charge on any atom is -0.350 e. The summed E-state index contributed by atoms with van der Waals surface area (Å²) in [6.07, 6.45) is 0. The lowest BCUT2D eigenvalue weighted by Gasteiger charge is -2.18. The molecule has 1 aliphatic rings. The van der Waals surface area contributed by atoms with Crippen molar-refractivity contribution in [3.63, 3.8) is 0 Å². The van der Waals surface area contributed by atoms with E-state index in [4.69, 9.17) is 34.8 Å². The van der Waals surface area contributed by atoms with Crippen molar-refractivity contribution in [3.05, 3.63) is 99.1 Å². The van der Waals surface area contributed by atoms with Gasteiger partial charge >= 0.3 is 0 Å². The molecular weight excluding hydrogens is 485 g/mol. The zero-order chi connectivity index (χ0) is 23.7. The first kappa shape index (κ1) is 22.9. The average molecular weight is 501 g/mol. The number of nitrogens with zero attached hydrogens (tertiary/aromatic N) is 2. The summed E-state index contributed by atoms with van der Waals surface area (Å²) in [4.78, 5) is 40.8.